The lowest BCUT2D eigenvalue weighted by Crippen LogP contribution is -2.47. The summed E-state index contributed by atoms with van der Waals surface area (Å²) in [5.41, 5.74) is 0.0466. The van der Waals surface area contributed by atoms with Crippen LogP contribution in [0, 0.1) is 5.92 Å². The molecule has 33 heavy (non-hydrogen) atoms. The number of aromatic nitrogens is 1. The third kappa shape index (κ3) is 6.40. The van der Waals surface area contributed by atoms with Gasteiger partial charge >= 0.3 is 0 Å². The Bertz CT molecular complexity index is 857. The van der Waals surface area contributed by atoms with Crippen LogP contribution in [0.15, 0.2) is 22.7 Å². The summed E-state index contributed by atoms with van der Waals surface area (Å²) in [5, 5.41) is 16.1. The Labute approximate surface area is 197 Å². The number of nitrogens with zero attached hydrogens (tertiary/aromatic N) is 2. The van der Waals surface area contributed by atoms with Gasteiger partial charge in [-0.05, 0) is 81.2 Å². The molecule has 1 saturated carbocycles. The fraction of sp³-hybridized carbons (Fsp3) is 0.731. The molecule has 4 rings (SSSR count). The second-order valence-electron chi connectivity index (χ2n) is 9.89. The zero-order chi connectivity index (χ0) is 23.1. The standard InChI is InChI=1S/C26H40N2O5/c1-3-13-26(29,14-17-30-2)19-28-15-11-20(12-16-28)18-31-25-24-22(32-21-7-4-5-8-21)9-6-10-23(24)33-27-25/h6,9-10,20-21,29H,3-5,7-8,11-19H2,1-2H3. The monoisotopic (exact) mass is 460 g/mol. The number of piperidine rings is 1. The summed E-state index contributed by atoms with van der Waals surface area (Å²) < 4.78 is 23.2. The van der Waals surface area contributed by atoms with Gasteiger partial charge in [-0.25, -0.2) is 0 Å². The van der Waals surface area contributed by atoms with Crippen LogP contribution in [-0.2, 0) is 4.74 Å². The molecule has 2 aromatic rings. The van der Waals surface area contributed by atoms with Crippen LogP contribution in [0.2, 0.25) is 0 Å². The fourth-order valence-corrected chi connectivity index (χ4v) is 5.28. The summed E-state index contributed by atoms with van der Waals surface area (Å²) in [6.07, 6.45) is 9.52. The van der Waals surface area contributed by atoms with Gasteiger partial charge in [0, 0.05) is 26.7 Å². The molecule has 1 aliphatic carbocycles. The first-order valence-corrected chi connectivity index (χ1v) is 12.7. The number of β-amino-alcohol motifs (C(OH)–C–C–N with tert-alkyl or cyclic N) is 1. The van der Waals surface area contributed by atoms with Crippen LogP contribution >= 0.6 is 0 Å². The van der Waals surface area contributed by atoms with E-state index in [-0.39, 0.29) is 6.10 Å². The maximum atomic E-state index is 11.0. The van der Waals surface area contributed by atoms with Crippen molar-refractivity contribution in [2.75, 3.05) is 40.0 Å². The Morgan fingerprint density at radius 3 is 2.67 bits per heavy atom. The average Bonchev–Trinajstić information content (AvgIpc) is 3.48. The van der Waals surface area contributed by atoms with Gasteiger partial charge in [0.2, 0.25) is 0 Å². The number of benzene rings is 1. The van der Waals surface area contributed by atoms with Gasteiger partial charge < -0.3 is 28.7 Å². The predicted molar refractivity (Wildman–Crippen MR) is 128 cm³/mol. The van der Waals surface area contributed by atoms with E-state index in [2.05, 4.69) is 17.0 Å². The van der Waals surface area contributed by atoms with E-state index in [0.717, 1.165) is 62.8 Å². The minimum absolute atomic E-state index is 0.276. The topological polar surface area (TPSA) is 77.2 Å². The van der Waals surface area contributed by atoms with E-state index in [1.54, 1.807) is 7.11 Å². The van der Waals surface area contributed by atoms with Gasteiger partial charge in [-0.1, -0.05) is 19.4 Å². The summed E-state index contributed by atoms with van der Waals surface area (Å²) in [4.78, 5) is 2.39. The molecule has 2 aliphatic rings. The highest BCUT2D eigenvalue weighted by molar-refractivity contribution is 5.88. The van der Waals surface area contributed by atoms with Crippen LogP contribution in [0.3, 0.4) is 0 Å². The molecule has 0 amide bonds. The molecule has 0 bridgehead atoms. The van der Waals surface area contributed by atoms with E-state index in [1.807, 2.05) is 18.2 Å². The normalized spacial score (nSPS) is 20.3. The van der Waals surface area contributed by atoms with E-state index < -0.39 is 5.60 Å². The molecule has 1 saturated heterocycles. The molecular weight excluding hydrogens is 420 g/mol. The average molecular weight is 461 g/mol. The quantitative estimate of drug-likeness (QED) is 0.487. The first-order valence-electron chi connectivity index (χ1n) is 12.7. The third-order valence-corrected chi connectivity index (χ3v) is 7.19. The van der Waals surface area contributed by atoms with E-state index in [9.17, 15) is 5.11 Å². The number of hydrogen-bond acceptors (Lipinski definition) is 7. The Balaban J connectivity index is 1.30. The van der Waals surface area contributed by atoms with Crippen molar-refractivity contribution in [2.45, 2.75) is 76.4 Å². The van der Waals surface area contributed by atoms with Crippen molar-refractivity contribution in [3.63, 3.8) is 0 Å². The number of rotatable bonds is 12. The minimum Gasteiger partial charge on any atom is -0.489 e. The zero-order valence-electron chi connectivity index (χ0n) is 20.3. The molecular formula is C26H40N2O5. The molecule has 2 heterocycles. The fourth-order valence-electron chi connectivity index (χ4n) is 5.28. The van der Waals surface area contributed by atoms with Gasteiger partial charge in [-0.2, -0.15) is 0 Å². The smallest absolute Gasteiger partial charge is 0.265 e. The van der Waals surface area contributed by atoms with Gasteiger partial charge in [0.15, 0.2) is 5.58 Å². The highest BCUT2D eigenvalue weighted by atomic mass is 16.5. The number of aliphatic hydroxyl groups is 1. The second kappa shape index (κ2) is 11.5. The van der Waals surface area contributed by atoms with Gasteiger partial charge in [0.05, 0.1) is 18.3 Å². The molecule has 1 N–H and O–H groups in total. The Hall–Kier alpha value is -1.83. The highest BCUT2D eigenvalue weighted by Crippen LogP contribution is 2.36. The Morgan fingerprint density at radius 2 is 1.94 bits per heavy atom. The molecule has 0 spiro atoms. The summed E-state index contributed by atoms with van der Waals surface area (Å²) in [5.74, 6) is 1.82. The Kier molecular flexibility index (Phi) is 8.50. The first kappa shape index (κ1) is 24.3. The maximum absolute atomic E-state index is 11.0. The number of ether oxygens (including phenoxy) is 3. The molecule has 7 heteroatoms. The van der Waals surface area contributed by atoms with Crippen LogP contribution in [0.1, 0.15) is 64.7 Å². The van der Waals surface area contributed by atoms with Crippen molar-refractivity contribution in [3.05, 3.63) is 18.2 Å². The molecule has 1 aromatic carbocycles. The molecule has 0 radical (unpaired) electrons. The van der Waals surface area contributed by atoms with Crippen molar-refractivity contribution < 1.29 is 23.8 Å². The second-order valence-corrected chi connectivity index (χ2v) is 9.89. The largest absolute Gasteiger partial charge is 0.489 e. The zero-order valence-corrected chi connectivity index (χ0v) is 20.3. The van der Waals surface area contributed by atoms with Crippen molar-refractivity contribution >= 4 is 11.0 Å². The number of methoxy groups -OCH3 is 1. The van der Waals surface area contributed by atoms with Crippen LogP contribution in [0.4, 0.5) is 0 Å². The molecule has 2 fully saturated rings. The lowest BCUT2D eigenvalue weighted by atomic mass is 9.91. The summed E-state index contributed by atoms with van der Waals surface area (Å²) >= 11 is 0. The van der Waals surface area contributed by atoms with Gasteiger partial charge in [0.1, 0.15) is 11.1 Å². The minimum atomic E-state index is -0.663. The number of fused-ring (bicyclic) bond motifs is 1. The van der Waals surface area contributed by atoms with Crippen molar-refractivity contribution in [1.82, 2.24) is 10.1 Å². The van der Waals surface area contributed by atoms with Crippen molar-refractivity contribution in [1.29, 1.82) is 0 Å². The van der Waals surface area contributed by atoms with E-state index >= 15 is 0 Å². The van der Waals surface area contributed by atoms with E-state index in [1.165, 1.54) is 12.8 Å². The van der Waals surface area contributed by atoms with E-state index in [0.29, 0.717) is 43.6 Å². The molecule has 1 atom stereocenters. The van der Waals surface area contributed by atoms with Gasteiger partial charge in [-0.3, -0.25) is 0 Å². The lowest BCUT2D eigenvalue weighted by Gasteiger charge is -2.38. The van der Waals surface area contributed by atoms with Crippen LogP contribution in [0.25, 0.3) is 11.0 Å². The van der Waals surface area contributed by atoms with E-state index in [4.69, 9.17) is 18.7 Å². The summed E-state index contributed by atoms with van der Waals surface area (Å²) in [6.45, 7) is 6.01. The number of hydrogen-bond donors (Lipinski definition) is 1. The molecule has 1 unspecified atom stereocenters. The third-order valence-electron chi connectivity index (χ3n) is 7.19. The van der Waals surface area contributed by atoms with Crippen LogP contribution in [-0.4, -0.2) is 66.8 Å². The summed E-state index contributed by atoms with van der Waals surface area (Å²) in [6, 6.07) is 5.85. The van der Waals surface area contributed by atoms with Crippen molar-refractivity contribution in [3.8, 4) is 11.6 Å². The van der Waals surface area contributed by atoms with Crippen LogP contribution in [0.5, 0.6) is 11.6 Å². The molecule has 184 valence electrons. The Morgan fingerprint density at radius 1 is 1.15 bits per heavy atom. The maximum Gasteiger partial charge on any atom is 0.265 e. The van der Waals surface area contributed by atoms with Gasteiger partial charge in [0.25, 0.3) is 5.88 Å². The SMILES string of the molecule is CCCC(O)(CCOC)CN1CCC(COc2noc3cccc(OC4CCCC4)c23)CC1. The van der Waals surface area contributed by atoms with Crippen LogP contribution < -0.4 is 9.47 Å². The van der Waals surface area contributed by atoms with Gasteiger partial charge in [-0.15, -0.1) is 0 Å². The molecule has 7 nitrogen and oxygen atoms in total. The van der Waals surface area contributed by atoms with Crippen molar-refractivity contribution in [2.24, 2.45) is 5.92 Å². The predicted octanol–water partition coefficient (Wildman–Crippen LogP) is 4.81. The summed E-state index contributed by atoms with van der Waals surface area (Å²) in [7, 11) is 1.69. The first-order chi connectivity index (χ1) is 16.1. The lowest BCUT2D eigenvalue weighted by molar-refractivity contribution is -0.0346. The highest BCUT2D eigenvalue weighted by Gasteiger charge is 2.31. The molecule has 1 aliphatic heterocycles. The number of likely N-dealkylation sites (tertiary alicyclic amines) is 1. The molecule has 1 aromatic heterocycles.